The molecule has 1 aromatic rings. The number of carbonyl (C=O) groups excluding carboxylic acids is 1. The van der Waals surface area contributed by atoms with Gasteiger partial charge in [-0.2, -0.15) is 0 Å². The third-order valence-corrected chi connectivity index (χ3v) is 4.09. The largest absolute Gasteiger partial charge is 0.387 e. The van der Waals surface area contributed by atoms with Crippen molar-refractivity contribution in [2.45, 2.75) is 18.9 Å². The van der Waals surface area contributed by atoms with Gasteiger partial charge in [-0.25, -0.2) is 0 Å². The van der Waals surface area contributed by atoms with Crippen LogP contribution in [0.3, 0.4) is 0 Å². The number of anilines is 1. The predicted octanol–water partition coefficient (Wildman–Crippen LogP) is 1.61. The van der Waals surface area contributed by atoms with Crippen LogP contribution in [0.25, 0.3) is 0 Å². The molecule has 4 nitrogen and oxygen atoms in total. The Morgan fingerprint density at radius 2 is 2.18 bits per heavy atom. The first-order valence-electron chi connectivity index (χ1n) is 5.94. The number of carbonyl (C=O) groups is 1. The minimum Gasteiger partial charge on any atom is -0.387 e. The molecule has 2 N–H and O–H groups in total. The van der Waals surface area contributed by atoms with Crippen LogP contribution in [0.5, 0.6) is 0 Å². The van der Waals surface area contributed by atoms with Gasteiger partial charge in [0.05, 0.1) is 4.88 Å². The number of nitrogens with zero attached hydrogens (tertiary/aromatic N) is 1. The second-order valence-electron chi connectivity index (χ2n) is 4.50. The summed E-state index contributed by atoms with van der Waals surface area (Å²) in [5, 5.41) is 8.11. The van der Waals surface area contributed by atoms with E-state index in [1.54, 1.807) is 0 Å². The van der Waals surface area contributed by atoms with E-state index >= 15 is 0 Å². The Morgan fingerprint density at radius 3 is 2.76 bits per heavy atom. The third kappa shape index (κ3) is 3.20. The molecule has 0 saturated carbocycles. The van der Waals surface area contributed by atoms with Gasteiger partial charge >= 0.3 is 0 Å². The third-order valence-electron chi connectivity index (χ3n) is 3.17. The summed E-state index contributed by atoms with van der Waals surface area (Å²) < 4.78 is 0. The standard InChI is InChI=1S/C12H19N3OS/c1-13-10-7-11(17-8-10)12(16)14-9-3-5-15(2)6-4-9/h7-9,13H,3-6H2,1-2H3,(H,14,16). The molecule has 0 unspecified atom stereocenters. The van der Waals surface area contributed by atoms with Gasteiger partial charge in [0.1, 0.15) is 0 Å². The number of nitrogens with one attached hydrogen (secondary N) is 2. The van der Waals surface area contributed by atoms with Gasteiger partial charge in [0.15, 0.2) is 0 Å². The minimum absolute atomic E-state index is 0.0612. The summed E-state index contributed by atoms with van der Waals surface area (Å²) in [7, 11) is 3.98. The molecule has 5 heteroatoms. The number of hydrogen-bond acceptors (Lipinski definition) is 4. The van der Waals surface area contributed by atoms with Crippen molar-refractivity contribution in [3.8, 4) is 0 Å². The summed E-state index contributed by atoms with van der Waals surface area (Å²) in [6.07, 6.45) is 2.10. The zero-order chi connectivity index (χ0) is 12.3. The molecular formula is C12H19N3OS. The van der Waals surface area contributed by atoms with Crippen molar-refractivity contribution in [3.63, 3.8) is 0 Å². The van der Waals surface area contributed by atoms with Gasteiger partial charge in [-0.1, -0.05) is 0 Å². The van der Waals surface area contributed by atoms with Crippen molar-refractivity contribution in [1.82, 2.24) is 10.2 Å². The van der Waals surface area contributed by atoms with Crippen LogP contribution in [0.2, 0.25) is 0 Å². The zero-order valence-corrected chi connectivity index (χ0v) is 11.1. The summed E-state index contributed by atoms with van der Waals surface area (Å²) in [4.78, 5) is 15.1. The Morgan fingerprint density at radius 1 is 1.47 bits per heavy atom. The molecule has 0 spiro atoms. The van der Waals surface area contributed by atoms with Crippen LogP contribution in [0, 0.1) is 0 Å². The number of piperidine rings is 1. The molecule has 1 aromatic heterocycles. The molecule has 0 aliphatic carbocycles. The first-order valence-corrected chi connectivity index (χ1v) is 6.82. The highest BCUT2D eigenvalue weighted by Gasteiger charge is 2.19. The Hall–Kier alpha value is -1.07. The highest BCUT2D eigenvalue weighted by Crippen LogP contribution is 2.19. The minimum atomic E-state index is 0.0612. The molecule has 2 heterocycles. The van der Waals surface area contributed by atoms with E-state index in [1.807, 2.05) is 18.5 Å². The SMILES string of the molecule is CNc1csc(C(=O)NC2CCN(C)CC2)c1. The predicted molar refractivity (Wildman–Crippen MR) is 71.9 cm³/mol. The molecule has 1 fully saturated rings. The van der Waals surface area contributed by atoms with Crippen molar-refractivity contribution in [2.24, 2.45) is 0 Å². The summed E-state index contributed by atoms with van der Waals surface area (Å²) in [6.45, 7) is 2.13. The molecule has 2 rings (SSSR count). The molecular weight excluding hydrogens is 234 g/mol. The second kappa shape index (κ2) is 5.51. The topological polar surface area (TPSA) is 44.4 Å². The number of rotatable bonds is 3. The van der Waals surface area contributed by atoms with Crippen LogP contribution < -0.4 is 10.6 Å². The maximum absolute atomic E-state index is 12.0. The zero-order valence-electron chi connectivity index (χ0n) is 10.3. The van der Waals surface area contributed by atoms with E-state index in [2.05, 4.69) is 22.6 Å². The van der Waals surface area contributed by atoms with Gasteiger partial charge < -0.3 is 15.5 Å². The number of likely N-dealkylation sites (tertiary alicyclic amines) is 1. The second-order valence-corrected chi connectivity index (χ2v) is 5.41. The maximum Gasteiger partial charge on any atom is 0.261 e. The molecule has 1 aliphatic rings. The first-order chi connectivity index (χ1) is 8.19. The quantitative estimate of drug-likeness (QED) is 0.860. The lowest BCUT2D eigenvalue weighted by molar-refractivity contribution is 0.0921. The van der Waals surface area contributed by atoms with Crippen LogP contribution in [0.15, 0.2) is 11.4 Å². The van der Waals surface area contributed by atoms with E-state index in [0.29, 0.717) is 6.04 Å². The monoisotopic (exact) mass is 253 g/mol. The smallest absolute Gasteiger partial charge is 0.261 e. The van der Waals surface area contributed by atoms with Crippen LogP contribution in [0.4, 0.5) is 5.69 Å². The molecule has 94 valence electrons. The van der Waals surface area contributed by atoms with Gasteiger partial charge in [0.25, 0.3) is 5.91 Å². The lowest BCUT2D eigenvalue weighted by Gasteiger charge is -2.29. The molecule has 0 atom stereocenters. The van der Waals surface area contributed by atoms with Crippen molar-refractivity contribution < 1.29 is 4.79 Å². The molecule has 1 aliphatic heterocycles. The summed E-state index contributed by atoms with van der Waals surface area (Å²) in [5.74, 6) is 0.0612. The highest BCUT2D eigenvalue weighted by molar-refractivity contribution is 7.12. The van der Waals surface area contributed by atoms with E-state index in [1.165, 1.54) is 11.3 Å². The number of hydrogen-bond donors (Lipinski definition) is 2. The van der Waals surface area contributed by atoms with Gasteiger partial charge in [-0.15, -0.1) is 11.3 Å². The van der Waals surface area contributed by atoms with E-state index in [0.717, 1.165) is 36.5 Å². The lowest BCUT2D eigenvalue weighted by Crippen LogP contribution is -2.43. The van der Waals surface area contributed by atoms with Gasteiger partial charge in [-0.05, 0) is 39.0 Å². The van der Waals surface area contributed by atoms with Crippen molar-refractivity contribution in [3.05, 3.63) is 16.3 Å². The van der Waals surface area contributed by atoms with Crippen LogP contribution >= 0.6 is 11.3 Å². The van der Waals surface area contributed by atoms with Gasteiger partial charge in [0.2, 0.25) is 0 Å². The maximum atomic E-state index is 12.0. The molecule has 0 radical (unpaired) electrons. The van der Waals surface area contributed by atoms with E-state index in [4.69, 9.17) is 0 Å². The van der Waals surface area contributed by atoms with Gasteiger partial charge in [0, 0.05) is 24.2 Å². The highest BCUT2D eigenvalue weighted by atomic mass is 32.1. The molecule has 17 heavy (non-hydrogen) atoms. The Balaban J connectivity index is 1.88. The summed E-state index contributed by atoms with van der Waals surface area (Å²) in [5.41, 5.74) is 1.00. The van der Waals surface area contributed by atoms with Crippen molar-refractivity contribution in [2.75, 3.05) is 32.5 Å². The fourth-order valence-electron chi connectivity index (χ4n) is 2.00. The van der Waals surface area contributed by atoms with Gasteiger partial charge in [-0.3, -0.25) is 4.79 Å². The lowest BCUT2D eigenvalue weighted by atomic mass is 10.1. The average Bonchev–Trinajstić information content (AvgIpc) is 2.81. The summed E-state index contributed by atoms with van der Waals surface area (Å²) >= 11 is 1.49. The Labute approximate surface area is 106 Å². The van der Waals surface area contributed by atoms with Crippen molar-refractivity contribution >= 4 is 22.9 Å². The molecule has 1 saturated heterocycles. The Bertz CT molecular complexity index is 383. The van der Waals surface area contributed by atoms with E-state index in [-0.39, 0.29) is 5.91 Å². The van der Waals surface area contributed by atoms with Crippen LogP contribution in [-0.2, 0) is 0 Å². The first kappa shape index (κ1) is 12.4. The van der Waals surface area contributed by atoms with Crippen LogP contribution in [-0.4, -0.2) is 44.0 Å². The summed E-state index contributed by atoms with van der Waals surface area (Å²) in [6, 6.07) is 2.23. The average molecular weight is 253 g/mol. The van der Waals surface area contributed by atoms with Crippen molar-refractivity contribution in [1.29, 1.82) is 0 Å². The number of thiophene rings is 1. The van der Waals surface area contributed by atoms with E-state index < -0.39 is 0 Å². The van der Waals surface area contributed by atoms with E-state index in [9.17, 15) is 4.79 Å². The normalized spacial score (nSPS) is 18.0. The Kier molecular flexibility index (Phi) is 4.02. The molecule has 0 aromatic carbocycles. The fourth-order valence-corrected chi connectivity index (χ4v) is 2.80. The molecule has 0 bridgehead atoms. The fraction of sp³-hybridized carbons (Fsp3) is 0.583. The number of amides is 1. The van der Waals surface area contributed by atoms with Crippen LogP contribution in [0.1, 0.15) is 22.5 Å². The molecule has 1 amide bonds.